The molecular formula is C20H35N7O2. The van der Waals surface area contributed by atoms with Gasteiger partial charge in [-0.1, -0.05) is 13.8 Å². The monoisotopic (exact) mass is 405 g/mol. The lowest BCUT2D eigenvalue weighted by Gasteiger charge is -2.36. The maximum Gasteiger partial charge on any atom is 0.317 e. The van der Waals surface area contributed by atoms with Crippen molar-refractivity contribution in [2.75, 3.05) is 81.9 Å². The van der Waals surface area contributed by atoms with E-state index in [4.69, 9.17) is 4.74 Å². The topological polar surface area (TPSA) is 77.1 Å². The molecular weight excluding hydrogens is 370 g/mol. The molecule has 162 valence electrons. The van der Waals surface area contributed by atoms with Crippen LogP contribution in [-0.4, -0.2) is 104 Å². The molecule has 0 aromatic carbocycles. The van der Waals surface area contributed by atoms with E-state index in [-0.39, 0.29) is 6.03 Å². The molecule has 1 N–H and O–H groups in total. The van der Waals surface area contributed by atoms with Crippen LogP contribution in [0.2, 0.25) is 0 Å². The van der Waals surface area contributed by atoms with Gasteiger partial charge in [-0.15, -0.1) is 0 Å². The number of carbonyl (C=O) groups excluding carboxylic acids is 1. The number of nitrogens with zero attached hydrogens (tertiary/aromatic N) is 6. The van der Waals surface area contributed by atoms with Gasteiger partial charge in [0.2, 0.25) is 0 Å². The van der Waals surface area contributed by atoms with Gasteiger partial charge < -0.3 is 24.8 Å². The van der Waals surface area contributed by atoms with Gasteiger partial charge in [-0.05, 0) is 20.0 Å². The van der Waals surface area contributed by atoms with E-state index in [1.807, 2.05) is 11.0 Å². The van der Waals surface area contributed by atoms with E-state index >= 15 is 0 Å². The summed E-state index contributed by atoms with van der Waals surface area (Å²) >= 11 is 0. The van der Waals surface area contributed by atoms with Crippen LogP contribution in [0.5, 0.6) is 0 Å². The molecule has 2 saturated heterocycles. The van der Waals surface area contributed by atoms with Gasteiger partial charge in [0.1, 0.15) is 18.0 Å². The van der Waals surface area contributed by atoms with Crippen LogP contribution in [0.25, 0.3) is 0 Å². The van der Waals surface area contributed by atoms with Crippen LogP contribution in [-0.2, 0) is 4.74 Å². The molecule has 2 aliphatic heterocycles. The number of urea groups is 1. The maximum absolute atomic E-state index is 12.5. The quantitative estimate of drug-likeness (QED) is 0.721. The lowest BCUT2D eigenvalue weighted by atomic mass is 10.2. The Hall–Kier alpha value is -2.13. The Kier molecular flexibility index (Phi) is 7.88. The van der Waals surface area contributed by atoms with Crippen molar-refractivity contribution in [1.82, 2.24) is 25.1 Å². The van der Waals surface area contributed by atoms with Crippen LogP contribution in [0, 0.1) is 0 Å². The van der Waals surface area contributed by atoms with Crippen molar-refractivity contribution >= 4 is 17.7 Å². The molecule has 1 aromatic heterocycles. The molecule has 3 heterocycles. The summed E-state index contributed by atoms with van der Waals surface area (Å²) in [6.07, 6.45) is 1.63. The normalized spacial score (nSPS) is 18.8. The van der Waals surface area contributed by atoms with E-state index in [0.29, 0.717) is 25.7 Å². The number of hydrogen-bond donors (Lipinski definition) is 1. The average Bonchev–Trinajstić information content (AvgIpc) is 2.79. The lowest BCUT2D eigenvalue weighted by molar-refractivity contribution is 0.122. The predicted molar refractivity (Wildman–Crippen MR) is 115 cm³/mol. The predicted octanol–water partition coefficient (Wildman–Crippen LogP) is 0.875. The Labute approximate surface area is 174 Å². The molecule has 1 aromatic rings. The zero-order valence-electron chi connectivity index (χ0n) is 18.0. The summed E-state index contributed by atoms with van der Waals surface area (Å²) in [5.41, 5.74) is 0. The fraction of sp³-hybridized carbons (Fsp3) is 0.750. The highest BCUT2D eigenvalue weighted by molar-refractivity contribution is 5.74. The minimum absolute atomic E-state index is 0.0281. The number of rotatable bonds is 7. The molecule has 9 heteroatoms. The minimum Gasteiger partial charge on any atom is -0.378 e. The second-order valence-corrected chi connectivity index (χ2v) is 7.56. The Balaban J connectivity index is 1.48. The third kappa shape index (κ3) is 5.70. The number of carbonyl (C=O) groups is 1. The molecule has 0 radical (unpaired) electrons. The molecule has 0 bridgehead atoms. The number of ether oxygens (including phenoxy) is 1. The number of likely N-dealkylation sites (N-methyl/N-ethyl adjacent to an activating group) is 1. The van der Waals surface area contributed by atoms with Crippen LogP contribution < -0.4 is 15.1 Å². The van der Waals surface area contributed by atoms with Gasteiger partial charge in [0.25, 0.3) is 0 Å². The van der Waals surface area contributed by atoms with Crippen molar-refractivity contribution in [1.29, 1.82) is 0 Å². The summed E-state index contributed by atoms with van der Waals surface area (Å²) in [6.45, 7) is 15.3. The third-order valence-corrected chi connectivity index (χ3v) is 5.85. The average molecular weight is 406 g/mol. The second-order valence-electron chi connectivity index (χ2n) is 7.56. The van der Waals surface area contributed by atoms with Gasteiger partial charge in [-0.3, -0.25) is 4.90 Å². The van der Waals surface area contributed by atoms with Gasteiger partial charge in [-0.2, -0.15) is 0 Å². The Morgan fingerprint density at radius 2 is 1.66 bits per heavy atom. The zero-order valence-corrected chi connectivity index (χ0v) is 18.0. The molecule has 0 aliphatic carbocycles. The number of hydrogen-bond acceptors (Lipinski definition) is 7. The highest BCUT2D eigenvalue weighted by atomic mass is 16.5. The fourth-order valence-electron chi connectivity index (χ4n) is 3.94. The molecule has 1 atom stereocenters. The highest BCUT2D eigenvalue weighted by Gasteiger charge is 2.23. The van der Waals surface area contributed by atoms with E-state index in [2.05, 4.69) is 50.8 Å². The Morgan fingerprint density at radius 1 is 1.07 bits per heavy atom. The second kappa shape index (κ2) is 10.6. The number of piperazine rings is 1. The first-order valence-corrected chi connectivity index (χ1v) is 10.8. The van der Waals surface area contributed by atoms with E-state index in [1.54, 1.807) is 6.33 Å². The van der Waals surface area contributed by atoms with Crippen molar-refractivity contribution in [2.45, 2.75) is 26.8 Å². The largest absolute Gasteiger partial charge is 0.378 e. The third-order valence-electron chi connectivity index (χ3n) is 5.85. The number of aromatic nitrogens is 2. The molecule has 0 spiro atoms. The summed E-state index contributed by atoms with van der Waals surface area (Å²) in [7, 11) is 0. The minimum atomic E-state index is 0.0281. The smallest absolute Gasteiger partial charge is 0.317 e. The first-order valence-electron chi connectivity index (χ1n) is 10.8. The van der Waals surface area contributed by atoms with Crippen LogP contribution in [0.1, 0.15) is 20.8 Å². The van der Waals surface area contributed by atoms with Gasteiger partial charge in [0.15, 0.2) is 0 Å². The number of nitrogens with one attached hydrogen (secondary N) is 1. The molecule has 29 heavy (non-hydrogen) atoms. The van der Waals surface area contributed by atoms with Gasteiger partial charge in [0.05, 0.1) is 13.2 Å². The maximum atomic E-state index is 12.5. The van der Waals surface area contributed by atoms with Crippen molar-refractivity contribution in [3.05, 3.63) is 12.4 Å². The van der Waals surface area contributed by atoms with Gasteiger partial charge >= 0.3 is 6.03 Å². The van der Waals surface area contributed by atoms with Gasteiger partial charge in [0, 0.05) is 57.9 Å². The van der Waals surface area contributed by atoms with Crippen molar-refractivity contribution in [3.8, 4) is 0 Å². The Bertz CT molecular complexity index is 641. The molecule has 2 amide bonds. The fourth-order valence-corrected chi connectivity index (χ4v) is 3.94. The summed E-state index contributed by atoms with van der Waals surface area (Å²) in [4.78, 5) is 30.1. The molecule has 2 aliphatic rings. The van der Waals surface area contributed by atoms with E-state index in [1.165, 1.54) is 0 Å². The van der Waals surface area contributed by atoms with Crippen LogP contribution in [0.15, 0.2) is 12.4 Å². The van der Waals surface area contributed by atoms with E-state index < -0.39 is 0 Å². The van der Waals surface area contributed by atoms with Crippen molar-refractivity contribution < 1.29 is 9.53 Å². The van der Waals surface area contributed by atoms with Crippen LogP contribution >= 0.6 is 0 Å². The number of anilines is 2. The van der Waals surface area contributed by atoms with E-state index in [0.717, 1.165) is 64.1 Å². The standard InChI is InChI=1S/C20H35N7O2/c1-4-24(5-2)17(3)15-21-20(28)27-8-6-25(7-9-27)18-14-19(23-16-22-18)26-10-12-29-13-11-26/h14,16-17H,4-13,15H2,1-3H3,(H,21,28)/t17-/m1/s1. The summed E-state index contributed by atoms with van der Waals surface area (Å²) in [6, 6.07) is 2.42. The molecule has 2 fully saturated rings. The van der Waals surface area contributed by atoms with Crippen molar-refractivity contribution in [2.24, 2.45) is 0 Å². The molecule has 0 saturated carbocycles. The zero-order chi connectivity index (χ0) is 20.6. The number of amides is 2. The Morgan fingerprint density at radius 3 is 2.24 bits per heavy atom. The van der Waals surface area contributed by atoms with E-state index in [9.17, 15) is 4.79 Å². The van der Waals surface area contributed by atoms with Crippen molar-refractivity contribution in [3.63, 3.8) is 0 Å². The number of morpholine rings is 1. The summed E-state index contributed by atoms with van der Waals surface area (Å²) in [5, 5.41) is 3.09. The lowest BCUT2D eigenvalue weighted by Crippen LogP contribution is -2.53. The molecule has 9 nitrogen and oxygen atoms in total. The van der Waals surface area contributed by atoms with Crippen LogP contribution in [0.4, 0.5) is 16.4 Å². The first-order chi connectivity index (χ1) is 14.1. The SMILES string of the molecule is CCN(CC)[C@H](C)CNC(=O)N1CCN(c2cc(N3CCOCC3)ncn2)CC1. The van der Waals surface area contributed by atoms with Gasteiger partial charge in [-0.25, -0.2) is 14.8 Å². The molecule has 3 rings (SSSR count). The first kappa shape index (κ1) is 21.6. The summed E-state index contributed by atoms with van der Waals surface area (Å²) < 4.78 is 5.42. The molecule has 0 unspecified atom stereocenters. The summed E-state index contributed by atoms with van der Waals surface area (Å²) in [5.74, 6) is 1.88. The highest BCUT2D eigenvalue weighted by Crippen LogP contribution is 2.19. The van der Waals surface area contributed by atoms with Crippen LogP contribution in [0.3, 0.4) is 0 Å².